The van der Waals surface area contributed by atoms with Gasteiger partial charge in [-0.05, 0) is 38.5 Å². The highest BCUT2D eigenvalue weighted by atomic mass is 31.0. The van der Waals surface area contributed by atoms with Gasteiger partial charge >= 0.3 is 5.97 Å². The van der Waals surface area contributed by atoms with Crippen LogP contribution in [0.1, 0.15) is 51.9 Å². The van der Waals surface area contributed by atoms with Gasteiger partial charge in [-0.1, -0.05) is 67.7 Å². The van der Waals surface area contributed by atoms with Crippen LogP contribution in [0.3, 0.4) is 0 Å². The second-order valence-corrected chi connectivity index (χ2v) is 5.76. The minimum atomic E-state index is -0.135. The fourth-order valence-corrected chi connectivity index (χ4v) is 2.21. The Balaban J connectivity index is 3.62. The predicted molar refractivity (Wildman–Crippen MR) is 110 cm³/mol. The van der Waals surface area contributed by atoms with Crippen molar-refractivity contribution in [3.63, 3.8) is 0 Å². The Hall–Kier alpha value is -1.44. The molecule has 0 rings (SSSR count). The molecule has 25 heavy (non-hydrogen) atoms. The third-order valence-corrected chi connectivity index (χ3v) is 3.79. The lowest BCUT2D eigenvalue weighted by atomic mass is 10.2. The van der Waals surface area contributed by atoms with Gasteiger partial charge in [-0.25, -0.2) is 0 Å². The van der Waals surface area contributed by atoms with Gasteiger partial charge in [0.25, 0.3) is 0 Å². The SMILES string of the molecule is CCC(/C=C/C/C=C/C=C\C/C=C\C/C=C\CCCC(=O)OC)OP. The zero-order valence-corrected chi connectivity index (χ0v) is 16.8. The standard InChI is InChI=1S/C21H33O3P/c1-3-20(24-25)18-16-14-12-10-8-6-4-5-7-9-11-13-15-17-19-21(22)23-2/h5-8,10-13,16,18,20H,3-4,9,14-15,17,19,25H2,1-2H3/b7-5-,8-6-,12-10+,13-11-,18-16+. The summed E-state index contributed by atoms with van der Waals surface area (Å²) in [6, 6.07) is 0. The number of carbonyl (C=O) groups is 1. The molecule has 0 aliphatic carbocycles. The van der Waals surface area contributed by atoms with Crippen LogP contribution in [-0.4, -0.2) is 19.2 Å². The lowest BCUT2D eigenvalue weighted by Crippen LogP contribution is -1.99. The van der Waals surface area contributed by atoms with E-state index in [0.717, 1.165) is 38.5 Å². The summed E-state index contributed by atoms with van der Waals surface area (Å²) in [6.07, 6.45) is 27.4. The molecule has 0 aromatic carbocycles. The topological polar surface area (TPSA) is 35.5 Å². The summed E-state index contributed by atoms with van der Waals surface area (Å²) in [5.41, 5.74) is 0. The Bertz CT molecular complexity index is 458. The molecule has 140 valence electrons. The molecule has 0 saturated heterocycles. The van der Waals surface area contributed by atoms with E-state index < -0.39 is 0 Å². The van der Waals surface area contributed by atoms with E-state index in [-0.39, 0.29) is 12.1 Å². The molecule has 0 amide bonds. The molecule has 0 aromatic rings. The Morgan fingerprint density at radius 3 is 2.16 bits per heavy atom. The average Bonchev–Trinajstić information content (AvgIpc) is 2.64. The predicted octanol–water partition coefficient (Wildman–Crippen LogP) is 5.87. The summed E-state index contributed by atoms with van der Waals surface area (Å²) in [4.78, 5) is 10.9. The summed E-state index contributed by atoms with van der Waals surface area (Å²) in [7, 11) is 3.73. The van der Waals surface area contributed by atoms with E-state index in [4.69, 9.17) is 4.52 Å². The maximum atomic E-state index is 10.9. The van der Waals surface area contributed by atoms with Gasteiger partial charge < -0.3 is 9.26 Å². The molecule has 0 bridgehead atoms. The van der Waals surface area contributed by atoms with Gasteiger partial charge in [0.1, 0.15) is 0 Å². The first-order chi connectivity index (χ1) is 12.2. The van der Waals surface area contributed by atoms with Crippen LogP contribution in [0, 0.1) is 0 Å². The lowest BCUT2D eigenvalue weighted by Gasteiger charge is -2.04. The summed E-state index contributed by atoms with van der Waals surface area (Å²) >= 11 is 0. The minimum Gasteiger partial charge on any atom is -0.469 e. The highest BCUT2D eigenvalue weighted by Gasteiger charge is 1.96. The fraction of sp³-hybridized carbons (Fsp3) is 0.476. The van der Waals surface area contributed by atoms with Gasteiger partial charge in [0.2, 0.25) is 0 Å². The summed E-state index contributed by atoms with van der Waals surface area (Å²) < 4.78 is 9.79. The highest BCUT2D eigenvalue weighted by Crippen LogP contribution is 2.05. The zero-order chi connectivity index (χ0) is 18.6. The number of esters is 1. The molecule has 0 radical (unpaired) electrons. The largest absolute Gasteiger partial charge is 0.469 e. The Labute approximate surface area is 155 Å². The van der Waals surface area contributed by atoms with Crippen molar-refractivity contribution in [3.05, 3.63) is 60.8 Å². The molecule has 0 N–H and O–H groups in total. The van der Waals surface area contributed by atoms with E-state index in [1.807, 2.05) is 0 Å². The van der Waals surface area contributed by atoms with Crippen LogP contribution in [0.25, 0.3) is 0 Å². The number of unbranched alkanes of at least 4 members (excludes halogenated alkanes) is 1. The van der Waals surface area contributed by atoms with Gasteiger partial charge in [-0.3, -0.25) is 4.79 Å². The number of rotatable bonds is 14. The van der Waals surface area contributed by atoms with Crippen molar-refractivity contribution in [3.8, 4) is 0 Å². The van der Waals surface area contributed by atoms with E-state index in [0.29, 0.717) is 6.42 Å². The lowest BCUT2D eigenvalue weighted by molar-refractivity contribution is -0.140. The fourth-order valence-electron chi connectivity index (χ4n) is 1.93. The van der Waals surface area contributed by atoms with Crippen LogP contribution in [-0.2, 0) is 14.1 Å². The van der Waals surface area contributed by atoms with Crippen LogP contribution in [0.2, 0.25) is 0 Å². The average molecular weight is 364 g/mol. The van der Waals surface area contributed by atoms with Crippen molar-refractivity contribution in [1.29, 1.82) is 0 Å². The number of methoxy groups -OCH3 is 1. The number of hydrogen-bond acceptors (Lipinski definition) is 3. The molecule has 0 aliphatic rings. The first kappa shape index (κ1) is 23.6. The number of allylic oxidation sites excluding steroid dienone is 9. The molecule has 0 saturated carbocycles. The normalized spacial score (nSPS) is 13.9. The number of ether oxygens (including phenoxy) is 1. The van der Waals surface area contributed by atoms with Crippen molar-refractivity contribution in [2.75, 3.05) is 7.11 Å². The van der Waals surface area contributed by atoms with Crippen molar-refractivity contribution in [2.24, 2.45) is 0 Å². The zero-order valence-electron chi connectivity index (χ0n) is 15.6. The molecular formula is C21H33O3P. The molecule has 3 nitrogen and oxygen atoms in total. The van der Waals surface area contributed by atoms with E-state index >= 15 is 0 Å². The molecule has 2 atom stereocenters. The van der Waals surface area contributed by atoms with E-state index in [1.165, 1.54) is 7.11 Å². The van der Waals surface area contributed by atoms with Crippen molar-refractivity contribution in [2.45, 2.75) is 58.0 Å². The molecule has 0 spiro atoms. The van der Waals surface area contributed by atoms with E-state index in [2.05, 4.69) is 81.9 Å². The molecule has 0 aromatic heterocycles. The van der Waals surface area contributed by atoms with Crippen LogP contribution in [0.15, 0.2) is 60.8 Å². The third kappa shape index (κ3) is 17.2. The number of carbonyl (C=O) groups excluding carboxylic acids is 1. The van der Waals surface area contributed by atoms with Crippen LogP contribution in [0.5, 0.6) is 0 Å². The van der Waals surface area contributed by atoms with Gasteiger partial charge in [-0.2, -0.15) is 0 Å². The molecule has 0 fully saturated rings. The maximum Gasteiger partial charge on any atom is 0.305 e. The van der Waals surface area contributed by atoms with E-state index in [9.17, 15) is 4.79 Å². The Morgan fingerprint density at radius 2 is 1.56 bits per heavy atom. The smallest absolute Gasteiger partial charge is 0.305 e. The third-order valence-electron chi connectivity index (χ3n) is 3.44. The molecule has 0 heterocycles. The monoisotopic (exact) mass is 364 g/mol. The van der Waals surface area contributed by atoms with Crippen molar-refractivity contribution in [1.82, 2.24) is 0 Å². The summed E-state index contributed by atoms with van der Waals surface area (Å²) in [5.74, 6) is -0.135. The van der Waals surface area contributed by atoms with Crippen molar-refractivity contribution < 1.29 is 14.1 Å². The van der Waals surface area contributed by atoms with Crippen molar-refractivity contribution >= 4 is 15.4 Å². The second-order valence-electron chi connectivity index (χ2n) is 5.49. The summed E-state index contributed by atoms with van der Waals surface area (Å²) in [6.45, 7) is 2.10. The van der Waals surface area contributed by atoms with Gasteiger partial charge in [-0.15, -0.1) is 0 Å². The highest BCUT2D eigenvalue weighted by molar-refractivity contribution is 7.09. The maximum absolute atomic E-state index is 10.9. The molecule has 4 heteroatoms. The first-order valence-electron chi connectivity index (χ1n) is 8.95. The quantitative estimate of drug-likeness (QED) is 0.127. The minimum absolute atomic E-state index is 0.135. The number of hydrogen-bond donors (Lipinski definition) is 0. The van der Waals surface area contributed by atoms with Crippen LogP contribution < -0.4 is 0 Å². The molecule has 0 aliphatic heterocycles. The molecular weight excluding hydrogens is 331 g/mol. The van der Waals surface area contributed by atoms with E-state index in [1.54, 1.807) is 0 Å². The Morgan fingerprint density at radius 1 is 0.960 bits per heavy atom. The first-order valence-corrected chi connectivity index (χ1v) is 9.42. The van der Waals surface area contributed by atoms with Gasteiger partial charge in [0.15, 0.2) is 0 Å². The summed E-state index contributed by atoms with van der Waals surface area (Å²) in [5, 5.41) is 0. The van der Waals surface area contributed by atoms with Gasteiger partial charge in [0, 0.05) is 15.9 Å². The Kier molecular flexibility index (Phi) is 17.8. The van der Waals surface area contributed by atoms with Crippen LogP contribution in [0.4, 0.5) is 0 Å². The van der Waals surface area contributed by atoms with Crippen LogP contribution >= 0.6 is 9.47 Å². The van der Waals surface area contributed by atoms with Gasteiger partial charge in [0.05, 0.1) is 13.2 Å². The molecule has 2 unspecified atom stereocenters. The second kappa shape index (κ2) is 18.9.